The van der Waals surface area contributed by atoms with Gasteiger partial charge in [0, 0.05) is 17.7 Å². The molecule has 1 aromatic carbocycles. The Morgan fingerprint density at radius 1 is 1.45 bits per heavy atom. The molecule has 0 aliphatic heterocycles. The normalized spacial score (nSPS) is 11.9. The molecule has 1 amide bonds. The highest BCUT2D eigenvalue weighted by Gasteiger charge is 2.17. The van der Waals surface area contributed by atoms with Gasteiger partial charge in [0.2, 0.25) is 5.91 Å². The number of nitro groups is 1. The Hall–Kier alpha value is -2.11. The van der Waals surface area contributed by atoms with Crippen LogP contribution in [-0.2, 0) is 0 Å². The van der Waals surface area contributed by atoms with Crippen LogP contribution in [0.4, 0.5) is 11.4 Å². The zero-order valence-electron chi connectivity index (χ0n) is 11.9. The monoisotopic (exact) mass is 279 g/mol. The standard InChI is InChI=1S/C14H21N3O3/c1-3-4-5-6-10(2)16-12-8-7-11(14(15)18)9-13(12)17(19)20/h7-10,16H,3-6H2,1-2H3,(H2,15,18). The van der Waals surface area contributed by atoms with Crippen molar-refractivity contribution in [2.24, 2.45) is 5.73 Å². The number of hydrogen-bond acceptors (Lipinski definition) is 4. The van der Waals surface area contributed by atoms with Crippen LogP contribution in [0.15, 0.2) is 18.2 Å². The molecule has 1 rings (SSSR count). The first-order valence-electron chi connectivity index (χ1n) is 6.80. The minimum Gasteiger partial charge on any atom is -0.377 e. The number of nitrogens with zero attached hydrogens (tertiary/aromatic N) is 1. The van der Waals surface area contributed by atoms with E-state index in [1.165, 1.54) is 18.2 Å². The van der Waals surface area contributed by atoms with E-state index in [0.29, 0.717) is 5.69 Å². The Morgan fingerprint density at radius 2 is 2.15 bits per heavy atom. The number of rotatable bonds is 8. The van der Waals surface area contributed by atoms with Crippen molar-refractivity contribution >= 4 is 17.3 Å². The molecule has 1 atom stereocenters. The maximum Gasteiger partial charge on any atom is 0.293 e. The van der Waals surface area contributed by atoms with E-state index < -0.39 is 10.8 Å². The molecule has 6 heteroatoms. The van der Waals surface area contributed by atoms with Crippen molar-refractivity contribution in [2.75, 3.05) is 5.32 Å². The largest absolute Gasteiger partial charge is 0.377 e. The number of benzene rings is 1. The van der Waals surface area contributed by atoms with Crippen LogP contribution in [0.1, 0.15) is 49.9 Å². The molecule has 0 radical (unpaired) electrons. The van der Waals surface area contributed by atoms with Gasteiger partial charge in [-0.05, 0) is 25.5 Å². The summed E-state index contributed by atoms with van der Waals surface area (Å²) < 4.78 is 0. The van der Waals surface area contributed by atoms with Crippen LogP contribution < -0.4 is 11.1 Å². The van der Waals surface area contributed by atoms with Gasteiger partial charge in [0.05, 0.1) is 4.92 Å². The maximum atomic E-state index is 11.1. The molecular formula is C14H21N3O3. The fourth-order valence-electron chi connectivity index (χ4n) is 2.00. The Balaban J connectivity index is 2.83. The molecule has 1 aromatic rings. The number of nitro benzene ring substituents is 1. The van der Waals surface area contributed by atoms with E-state index in [1.807, 2.05) is 6.92 Å². The molecule has 110 valence electrons. The summed E-state index contributed by atoms with van der Waals surface area (Å²) in [6.45, 7) is 4.12. The predicted octanol–water partition coefficient (Wildman–Crippen LogP) is 3.07. The van der Waals surface area contributed by atoms with E-state index in [1.54, 1.807) is 0 Å². The second kappa shape index (κ2) is 7.47. The van der Waals surface area contributed by atoms with E-state index in [9.17, 15) is 14.9 Å². The molecule has 0 aliphatic rings. The second-order valence-corrected chi connectivity index (χ2v) is 4.89. The third-order valence-electron chi connectivity index (χ3n) is 3.12. The van der Waals surface area contributed by atoms with Gasteiger partial charge in [-0.1, -0.05) is 26.2 Å². The quantitative estimate of drug-likeness (QED) is 0.434. The van der Waals surface area contributed by atoms with Gasteiger partial charge in [-0.15, -0.1) is 0 Å². The molecule has 0 fully saturated rings. The Morgan fingerprint density at radius 3 is 2.70 bits per heavy atom. The van der Waals surface area contributed by atoms with Gasteiger partial charge < -0.3 is 11.1 Å². The summed E-state index contributed by atoms with van der Waals surface area (Å²) in [4.78, 5) is 21.6. The highest BCUT2D eigenvalue weighted by molar-refractivity contribution is 5.94. The molecule has 0 bridgehead atoms. The number of amides is 1. The second-order valence-electron chi connectivity index (χ2n) is 4.89. The van der Waals surface area contributed by atoms with Gasteiger partial charge in [-0.25, -0.2) is 0 Å². The lowest BCUT2D eigenvalue weighted by Gasteiger charge is -2.15. The van der Waals surface area contributed by atoms with Crippen LogP contribution in [0, 0.1) is 10.1 Å². The van der Waals surface area contributed by atoms with Gasteiger partial charge in [0.25, 0.3) is 5.69 Å². The summed E-state index contributed by atoms with van der Waals surface area (Å²) in [5, 5.41) is 14.2. The van der Waals surface area contributed by atoms with Gasteiger partial charge in [-0.2, -0.15) is 0 Å². The van der Waals surface area contributed by atoms with E-state index in [-0.39, 0.29) is 17.3 Å². The van der Waals surface area contributed by atoms with E-state index in [0.717, 1.165) is 25.7 Å². The lowest BCUT2D eigenvalue weighted by molar-refractivity contribution is -0.384. The van der Waals surface area contributed by atoms with Crippen LogP contribution in [0.25, 0.3) is 0 Å². The molecule has 1 unspecified atom stereocenters. The van der Waals surface area contributed by atoms with Gasteiger partial charge >= 0.3 is 0 Å². The fraction of sp³-hybridized carbons (Fsp3) is 0.500. The number of hydrogen-bond donors (Lipinski definition) is 2. The Kier molecular flexibility index (Phi) is 5.96. The molecule has 3 N–H and O–H groups in total. The molecule has 0 aliphatic carbocycles. The highest BCUT2D eigenvalue weighted by atomic mass is 16.6. The van der Waals surface area contributed by atoms with Crippen LogP contribution in [-0.4, -0.2) is 16.9 Å². The van der Waals surface area contributed by atoms with Crippen LogP contribution >= 0.6 is 0 Å². The van der Waals surface area contributed by atoms with Gasteiger partial charge in [-0.3, -0.25) is 14.9 Å². The van der Waals surface area contributed by atoms with Crippen molar-refractivity contribution in [1.29, 1.82) is 0 Å². The number of carbonyl (C=O) groups excluding carboxylic acids is 1. The van der Waals surface area contributed by atoms with Crippen molar-refractivity contribution in [3.63, 3.8) is 0 Å². The van der Waals surface area contributed by atoms with Crippen LogP contribution in [0.2, 0.25) is 0 Å². The van der Waals surface area contributed by atoms with Gasteiger partial charge in [0.15, 0.2) is 0 Å². The first-order valence-corrected chi connectivity index (χ1v) is 6.80. The number of nitrogens with one attached hydrogen (secondary N) is 1. The molecule has 6 nitrogen and oxygen atoms in total. The number of carbonyl (C=O) groups is 1. The van der Waals surface area contributed by atoms with Crippen LogP contribution in [0.3, 0.4) is 0 Å². The number of anilines is 1. The molecule has 20 heavy (non-hydrogen) atoms. The number of unbranched alkanes of at least 4 members (excludes halogenated alkanes) is 2. The van der Waals surface area contributed by atoms with Crippen LogP contribution in [0.5, 0.6) is 0 Å². The Bertz CT molecular complexity index is 489. The number of primary amides is 1. The summed E-state index contributed by atoms with van der Waals surface area (Å²) >= 11 is 0. The molecule has 0 spiro atoms. The fourth-order valence-corrected chi connectivity index (χ4v) is 2.00. The summed E-state index contributed by atoms with van der Waals surface area (Å²) in [6, 6.07) is 4.38. The highest BCUT2D eigenvalue weighted by Crippen LogP contribution is 2.26. The number of nitrogens with two attached hydrogens (primary N) is 1. The van der Waals surface area contributed by atoms with Crippen molar-refractivity contribution in [1.82, 2.24) is 0 Å². The zero-order chi connectivity index (χ0) is 15.1. The summed E-state index contributed by atoms with van der Waals surface area (Å²) in [7, 11) is 0. The molecule has 0 saturated carbocycles. The topological polar surface area (TPSA) is 98.3 Å². The minimum absolute atomic E-state index is 0.122. The first kappa shape index (κ1) is 15.9. The summed E-state index contributed by atoms with van der Waals surface area (Å²) in [5.74, 6) is -0.671. The lowest BCUT2D eigenvalue weighted by atomic mass is 10.1. The van der Waals surface area contributed by atoms with Gasteiger partial charge in [0.1, 0.15) is 5.69 Å². The van der Waals surface area contributed by atoms with Crippen molar-refractivity contribution < 1.29 is 9.72 Å². The van der Waals surface area contributed by atoms with Crippen molar-refractivity contribution in [2.45, 2.75) is 45.6 Å². The van der Waals surface area contributed by atoms with Crippen molar-refractivity contribution in [3.8, 4) is 0 Å². The lowest BCUT2D eigenvalue weighted by Crippen LogP contribution is -2.17. The minimum atomic E-state index is -0.671. The average Bonchev–Trinajstić information content (AvgIpc) is 2.38. The first-order chi connectivity index (χ1) is 9.45. The third-order valence-corrected chi connectivity index (χ3v) is 3.12. The maximum absolute atomic E-state index is 11.1. The van der Waals surface area contributed by atoms with E-state index in [2.05, 4.69) is 12.2 Å². The SMILES string of the molecule is CCCCCC(C)Nc1ccc(C(N)=O)cc1[N+](=O)[O-]. The zero-order valence-corrected chi connectivity index (χ0v) is 11.9. The summed E-state index contributed by atoms with van der Waals surface area (Å²) in [5.41, 5.74) is 5.57. The average molecular weight is 279 g/mol. The Labute approximate surface area is 118 Å². The van der Waals surface area contributed by atoms with Crippen molar-refractivity contribution in [3.05, 3.63) is 33.9 Å². The smallest absolute Gasteiger partial charge is 0.293 e. The molecule has 0 heterocycles. The predicted molar refractivity (Wildman–Crippen MR) is 78.8 cm³/mol. The van der Waals surface area contributed by atoms with E-state index in [4.69, 9.17) is 5.73 Å². The summed E-state index contributed by atoms with van der Waals surface area (Å²) in [6.07, 6.45) is 4.31. The molecular weight excluding hydrogens is 258 g/mol. The molecule has 0 saturated heterocycles. The third kappa shape index (κ3) is 4.53. The molecule has 0 aromatic heterocycles. The van der Waals surface area contributed by atoms with E-state index >= 15 is 0 Å².